The van der Waals surface area contributed by atoms with Crippen molar-refractivity contribution in [2.75, 3.05) is 12.4 Å². The molecule has 0 atom stereocenters. The van der Waals surface area contributed by atoms with Gasteiger partial charge in [-0.05, 0) is 46.6 Å². The zero-order chi connectivity index (χ0) is 15.0. The van der Waals surface area contributed by atoms with Gasteiger partial charge >= 0.3 is 5.97 Å². The third-order valence-electron chi connectivity index (χ3n) is 4.32. The molecule has 1 aliphatic rings. The summed E-state index contributed by atoms with van der Waals surface area (Å²) in [7, 11) is 1.41. The van der Waals surface area contributed by atoms with E-state index in [1.807, 2.05) is 33.8 Å². The third-order valence-corrected chi connectivity index (χ3v) is 4.32. The van der Waals surface area contributed by atoms with Crippen LogP contribution in [0.4, 0.5) is 5.82 Å². The summed E-state index contributed by atoms with van der Waals surface area (Å²) in [6.07, 6.45) is 4.10. The molecule has 5 nitrogen and oxygen atoms in total. The molecular formula is C15H23N3O2. The first-order valence-electron chi connectivity index (χ1n) is 6.97. The number of ether oxygens (including phenoxy) is 1. The Balaban J connectivity index is 2.18. The van der Waals surface area contributed by atoms with Gasteiger partial charge in [0.2, 0.25) is 0 Å². The van der Waals surface area contributed by atoms with Gasteiger partial charge in [0.1, 0.15) is 11.6 Å². The molecule has 1 saturated carbocycles. The Hall–Kier alpha value is -1.65. The molecule has 0 saturated heterocycles. The van der Waals surface area contributed by atoms with Crippen LogP contribution < -0.4 is 5.32 Å². The van der Waals surface area contributed by atoms with Gasteiger partial charge in [0.05, 0.1) is 12.5 Å². The molecule has 0 spiro atoms. The molecule has 110 valence electrons. The van der Waals surface area contributed by atoms with Gasteiger partial charge in [0.25, 0.3) is 0 Å². The van der Waals surface area contributed by atoms with Gasteiger partial charge in [0.15, 0.2) is 0 Å². The fourth-order valence-corrected chi connectivity index (χ4v) is 1.97. The number of hydrogen-bond acceptors (Lipinski definition) is 5. The van der Waals surface area contributed by atoms with Gasteiger partial charge in [-0.2, -0.15) is 0 Å². The van der Waals surface area contributed by atoms with Crippen molar-refractivity contribution in [3.63, 3.8) is 0 Å². The lowest BCUT2D eigenvalue weighted by Gasteiger charge is -2.40. The highest BCUT2D eigenvalue weighted by Crippen LogP contribution is 2.39. The average molecular weight is 277 g/mol. The van der Waals surface area contributed by atoms with Gasteiger partial charge in [-0.15, -0.1) is 0 Å². The SMILES string of the molecule is COC(=O)C(C)(C)C(C)(C)Nc1ccnc(C2CC2)n1. The van der Waals surface area contributed by atoms with Crippen molar-refractivity contribution in [3.05, 3.63) is 18.1 Å². The van der Waals surface area contributed by atoms with E-state index in [2.05, 4.69) is 15.3 Å². The topological polar surface area (TPSA) is 64.1 Å². The highest BCUT2D eigenvalue weighted by atomic mass is 16.5. The summed E-state index contributed by atoms with van der Waals surface area (Å²) < 4.78 is 4.90. The standard InChI is InChI=1S/C15H23N3O2/c1-14(2,13(19)20-5)15(3,4)18-11-8-9-16-12(17-11)10-6-7-10/h8-10H,6-7H2,1-5H3,(H,16,17,18). The second-order valence-electron chi connectivity index (χ2n) is 6.44. The number of carbonyl (C=O) groups is 1. The van der Waals surface area contributed by atoms with Crippen LogP contribution in [0.1, 0.15) is 52.3 Å². The molecule has 0 unspecified atom stereocenters. The van der Waals surface area contributed by atoms with Gasteiger partial charge in [0, 0.05) is 17.7 Å². The number of methoxy groups -OCH3 is 1. The molecular weight excluding hydrogens is 254 g/mol. The summed E-state index contributed by atoms with van der Waals surface area (Å²) >= 11 is 0. The van der Waals surface area contributed by atoms with Crippen LogP contribution in [0.2, 0.25) is 0 Å². The fraction of sp³-hybridized carbons (Fsp3) is 0.667. The molecule has 1 aromatic rings. The maximum atomic E-state index is 12.0. The first kappa shape index (κ1) is 14.8. The predicted molar refractivity (Wildman–Crippen MR) is 77.5 cm³/mol. The number of hydrogen-bond donors (Lipinski definition) is 1. The second kappa shape index (κ2) is 5.04. The van der Waals surface area contributed by atoms with Crippen LogP contribution in [0.5, 0.6) is 0 Å². The molecule has 0 radical (unpaired) electrons. The average Bonchev–Trinajstić information content (AvgIpc) is 3.21. The number of esters is 1. The van der Waals surface area contributed by atoms with E-state index in [9.17, 15) is 4.79 Å². The Labute approximate surface area is 120 Å². The molecule has 20 heavy (non-hydrogen) atoms. The number of aromatic nitrogens is 2. The van der Waals surface area contributed by atoms with E-state index in [0.717, 1.165) is 11.6 Å². The van der Waals surface area contributed by atoms with Crippen molar-refractivity contribution in [2.24, 2.45) is 5.41 Å². The maximum absolute atomic E-state index is 12.0. The minimum absolute atomic E-state index is 0.244. The molecule has 0 aromatic carbocycles. The predicted octanol–water partition coefficient (Wildman–Crippen LogP) is 2.74. The van der Waals surface area contributed by atoms with E-state index in [4.69, 9.17) is 4.74 Å². The van der Waals surface area contributed by atoms with Crippen LogP contribution in [-0.4, -0.2) is 28.6 Å². The lowest BCUT2D eigenvalue weighted by molar-refractivity contribution is -0.153. The minimum atomic E-state index is -0.674. The number of nitrogens with one attached hydrogen (secondary N) is 1. The highest BCUT2D eigenvalue weighted by molar-refractivity contribution is 5.78. The van der Waals surface area contributed by atoms with Crippen molar-refractivity contribution >= 4 is 11.8 Å². The largest absolute Gasteiger partial charge is 0.469 e. The Morgan fingerprint density at radius 1 is 1.35 bits per heavy atom. The van der Waals surface area contributed by atoms with Crippen molar-refractivity contribution in [1.82, 2.24) is 9.97 Å². The molecule has 1 aromatic heterocycles. The lowest BCUT2D eigenvalue weighted by Crippen LogP contribution is -2.51. The van der Waals surface area contributed by atoms with Crippen molar-refractivity contribution < 1.29 is 9.53 Å². The molecule has 0 aliphatic heterocycles. The summed E-state index contributed by atoms with van der Waals surface area (Å²) in [4.78, 5) is 20.8. The van der Waals surface area contributed by atoms with Crippen LogP contribution in [0.3, 0.4) is 0 Å². The van der Waals surface area contributed by atoms with Crippen LogP contribution in [0, 0.1) is 5.41 Å². The van der Waals surface area contributed by atoms with Gasteiger partial charge in [-0.1, -0.05) is 0 Å². The molecule has 0 bridgehead atoms. The molecule has 2 rings (SSSR count). The summed E-state index contributed by atoms with van der Waals surface area (Å²) in [5.41, 5.74) is -1.16. The van der Waals surface area contributed by atoms with E-state index in [0.29, 0.717) is 5.92 Å². The van der Waals surface area contributed by atoms with E-state index < -0.39 is 11.0 Å². The van der Waals surface area contributed by atoms with Crippen LogP contribution >= 0.6 is 0 Å². The normalized spacial score (nSPS) is 15.8. The van der Waals surface area contributed by atoms with Gasteiger partial charge in [-0.25, -0.2) is 9.97 Å². The molecule has 0 amide bonds. The number of rotatable bonds is 5. The van der Waals surface area contributed by atoms with Crippen LogP contribution in [-0.2, 0) is 9.53 Å². The first-order valence-corrected chi connectivity index (χ1v) is 6.97. The summed E-state index contributed by atoms with van der Waals surface area (Å²) in [5.74, 6) is 1.91. The van der Waals surface area contributed by atoms with Crippen molar-refractivity contribution in [3.8, 4) is 0 Å². The van der Waals surface area contributed by atoms with Crippen molar-refractivity contribution in [2.45, 2.75) is 52.0 Å². The Morgan fingerprint density at radius 2 is 2.00 bits per heavy atom. The van der Waals surface area contributed by atoms with E-state index in [-0.39, 0.29) is 5.97 Å². The quantitative estimate of drug-likeness (QED) is 0.838. The summed E-state index contributed by atoms with van der Waals surface area (Å²) in [5, 5.41) is 3.34. The first-order chi connectivity index (χ1) is 9.28. The van der Waals surface area contributed by atoms with Gasteiger partial charge in [-0.3, -0.25) is 4.79 Å². The minimum Gasteiger partial charge on any atom is -0.469 e. The van der Waals surface area contributed by atoms with E-state index in [1.165, 1.54) is 20.0 Å². The summed E-state index contributed by atoms with van der Waals surface area (Å²) in [6, 6.07) is 1.83. The highest BCUT2D eigenvalue weighted by Gasteiger charge is 2.44. The zero-order valence-electron chi connectivity index (χ0n) is 12.9. The number of anilines is 1. The Morgan fingerprint density at radius 3 is 2.55 bits per heavy atom. The van der Waals surface area contributed by atoms with Crippen molar-refractivity contribution in [1.29, 1.82) is 0 Å². The third kappa shape index (κ3) is 2.76. The van der Waals surface area contributed by atoms with E-state index in [1.54, 1.807) is 6.20 Å². The fourth-order valence-electron chi connectivity index (χ4n) is 1.97. The smallest absolute Gasteiger partial charge is 0.313 e. The molecule has 1 N–H and O–H groups in total. The second-order valence-corrected chi connectivity index (χ2v) is 6.44. The van der Waals surface area contributed by atoms with Crippen LogP contribution in [0.25, 0.3) is 0 Å². The maximum Gasteiger partial charge on any atom is 0.313 e. The summed E-state index contributed by atoms with van der Waals surface area (Å²) in [6.45, 7) is 7.69. The zero-order valence-corrected chi connectivity index (χ0v) is 12.9. The van der Waals surface area contributed by atoms with Gasteiger partial charge < -0.3 is 10.1 Å². The molecule has 1 heterocycles. The van der Waals surface area contributed by atoms with Crippen LogP contribution in [0.15, 0.2) is 12.3 Å². The number of nitrogens with zero attached hydrogens (tertiary/aromatic N) is 2. The molecule has 5 heteroatoms. The monoisotopic (exact) mass is 277 g/mol. The lowest BCUT2D eigenvalue weighted by atomic mass is 9.74. The molecule has 1 fully saturated rings. The number of carbonyl (C=O) groups excluding carboxylic acids is 1. The Bertz CT molecular complexity index is 508. The Kier molecular flexibility index (Phi) is 3.71. The van der Waals surface area contributed by atoms with E-state index >= 15 is 0 Å². The molecule has 1 aliphatic carbocycles.